The number of sulfonamides is 1. The van der Waals surface area contributed by atoms with Crippen LogP contribution < -0.4 is 10.5 Å². The van der Waals surface area contributed by atoms with Gasteiger partial charge in [0.25, 0.3) is 0 Å². The third kappa shape index (κ3) is 6.39. The molecule has 1 amide bonds. The molecule has 0 unspecified atom stereocenters. The van der Waals surface area contributed by atoms with Crippen LogP contribution in [0.15, 0.2) is 24.3 Å². The zero-order chi connectivity index (χ0) is 16.8. The summed E-state index contributed by atoms with van der Waals surface area (Å²) in [6, 6.07) is 6.71. The van der Waals surface area contributed by atoms with Gasteiger partial charge in [-0.2, -0.15) is 4.31 Å². The van der Waals surface area contributed by atoms with Crippen LogP contribution in [0.2, 0.25) is 0 Å². The van der Waals surface area contributed by atoms with E-state index in [1.54, 1.807) is 24.3 Å². The predicted molar refractivity (Wildman–Crippen MR) is 86.5 cm³/mol. The highest BCUT2D eigenvalue weighted by atomic mass is 35.5. The number of primary amides is 1. The molecule has 22 heavy (non-hydrogen) atoms. The number of rotatable bonds is 9. The number of halogens is 2. The van der Waals surface area contributed by atoms with Crippen LogP contribution in [0.3, 0.4) is 0 Å². The fourth-order valence-corrected chi connectivity index (χ4v) is 3.78. The molecule has 0 saturated carbocycles. The Bertz CT molecular complexity index is 608. The summed E-state index contributed by atoms with van der Waals surface area (Å²) in [4.78, 5) is 10.1. The lowest BCUT2D eigenvalue weighted by Crippen LogP contribution is -2.41. The highest BCUT2D eigenvalue weighted by Gasteiger charge is 2.26. The van der Waals surface area contributed by atoms with Crippen molar-refractivity contribution in [1.82, 2.24) is 4.31 Å². The summed E-state index contributed by atoms with van der Waals surface area (Å²) in [5.74, 6) is -0.508. The van der Waals surface area contributed by atoms with Crippen LogP contribution in [0, 0.1) is 0 Å². The molecule has 2 N–H and O–H groups in total. The van der Waals surface area contributed by atoms with E-state index in [2.05, 4.69) is 0 Å². The minimum atomic E-state index is -3.79. The van der Waals surface area contributed by atoms with Crippen molar-refractivity contribution in [3.63, 3.8) is 0 Å². The second-order valence-electron chi connectivity index (χ2n) is 4.49. The first-order valence-electron chi connectivity index (χ1n) is 6.50. The van der Waals surface area contributed by atoms with Gasteiger partial charge in [0.1, 0.15) is 10.6 Å². The van der Waals surface area contributed by atoms with Crippen LogP contribution in [0.4, 0.5) is 0 Å². The molecular weight excluding hydrogens is 351 g/mol. The Labute approximate surface area is 140 Å². The standard InChI is InChI=1S/C13H18Cl2N2O4S/c1-2-21-11-5-3-4-10(6-11)9-22(19,20)17(7-12(14)15)8-13(16)18/h3-6,12H,2,7-9H2,1H3,(H2,16,18). The third-order valence-corrected chi connectivity index (χ3v) is 4.66. The number of carbonyl (C=O) groups is 1. The Hall–Kier alpha value is -1.02. The van der Waals surface area contributed by atoms with E-state index in [1.807, 2.05) is 6.92 Å². The number of alkyl halides is 2. The zero-order valence-electron chi connectivity index (χ0n) is 12.0. The van der Waals surface area contributed by atoms with Crippen LogP contribution in [-0.4, -0.2) is 43.2 Å². The lowest BCUT2D eigenvalue weighted by atomic mass is 10.2. The van der Waals surface area contributed by atoms with E-state index >= 15 is 0 Å². The number of ether oxygens (including phenoxy) is 1. The smallest absolute Gasteiger partial charge is 0.232 e. The van der Waals surface area contributed by atoms with E-state index in [9.17, 15) is 13.2 Å². The van der Waals surface area contributed by atoms with Crippen molar-refractivity contribution in [3.05, 3.63) is 29.8 Å². The minimum absolute atomic E-state index is 0.209. The van der Waals surface area contributed by atoms with Gasteiger partial charge in [0.15, 0.2) is 0 Å². The fraction of sp³-hybridized carbons (Fsp3) is 0.462. The maximum Gasteiger partial charge on any atom is 0.232 e. The van der Waals surface area contributed by atoms with E-state index < -0.39 is 27.3 Å². The molecule has 0 aromatic heterocycles. The van der Waals surface area contributed by atoms with Gasteiger partial charge >= 0.3 is 0 Å². The summed E-state index contributed by atoms with van der Waals surface area (Å²) in [5, 5.41) is 0. The summed E-state index contributed by atoms with van der Waals surface area (Å²) >= 11 is 11.2. The summed E-state index contributed by atoms with van der Waals surface area (Å²) in [6.45, 7) is 1.63. The molecule has 0 aliphatic carbocycles. The van der Waals surface area contributed by atoms with Crippen LogP contribution >= 0.6 is 23.2 Å². The number of benzene rings is 1. The Balaban J connectivity index is 2.95. The van der Waals surface area contributed by atoms with Crippen LogP contribution in [0.25, 0.3) is 0 Å². The number of nitrogens with two attached hydrogens (primary N) is 1. The van der Waals surface area contributed by atoms with E-state index in [4.69, 9.17) is 33.7 Å². The number of hydrogen-bond donors (Lipinski definition) is 1. The average molecular weight is 369 g/mol. The second kappa shape index (κ2) is 8.57. The van der Waals surface area contributed by atoms with Gasteiger partial charge in [-0.05, 0) is 24.6 Å². The molecule has 0 aliphatic rings. The molecule has 0 atom stereocenters. The highest BCUT2D eigenvalue weighted by molar-refractivity contribution is 7.88. The number of amides is 1. The average Bonchev–Trinajstić information content (AvgIpc) is 2.37. The quantitative estimate of drug-likeness (QED) is 0.668. The molecule has 0 fully saturated rings. The van der Waals surface area contributed by atoms with Gasteiger partial charge in [-0.3, -0.25) is 4.79 Å². The first kappa shape index (κ1) is 19.0. The molecule has 0 spiro atoms. The van der Waals surface area contributed by atoms with Gasteiger partial charge in [-0.1, -0.05) is 12.1 Å². The Morgan fingerprint density at radius 1 is 1.41 bits per heavy atom. The van der Waals surface area contributed by atoms with Crippen molar-refractivity contribution in [2.24, 2.45) is 5.73 Å². The van der Waals surface area contributed by atoms with Crippen molar-refractivity contribution in [2.45, 2.75) is 17.5 Å². The minimum Gasteiger partial charge on any atom is -0.494 e. The van der Waals surface area contributed by atoms with Gasteiger partial charge in [-0.25, -0.2) is 8.42 Å². The zero-order valence-corrected chi connectivity index (χ0v) is 14.4. The van der Waals surface area contributed by atoms with Crippen LogP contribution in [0.5, 0.6) is 5.75 Å². The van der Waals surface area contributed by atoms with Gasteiger partial charge in [-0.15, -0.1) is 23.2 Å². The third-order valence-electron chi connectivity index (χ3n) is 2.63. The molecule has 0 radical (unpaired) electrons. The Morgan fingerprint density at radius 3 is 2.64 bits per heavy atom. The number of carbonyl (C=O) groups excluding carboxylic acids is 1. The maximum atomic E-state index is 12.4. The fourth-order valence-electron chi connectivity index (χ4n) is 1.80. The molecule has 0 bridgehead atoms. The van der Waals surface area contributed by atoms with E-state index in [-0.39, 0.29) is 12.3 Å². The van der Waals surface area contributed by atoms with Crippen molar-refractivity contribution in [1.29, 1.82) is 0 Å². The summed E-state index contributed by atoms with van der Waals surface area (Å²) in [5.41, 5.74) is 5.60. The SMILES string of the molecule is CCOc1cccc(CS(=O)(=O)N(CC(N)=O)CC(Cl)Cl)c1. The van der Waals surface area contributed by atoms with Gasteiger partial charge in [0.2, 0.25) is 15.9 Å². The topological polar surface area (TPSA) is 89.7 Å². The lowest BCUT2D eigenvalue weighted by molar-refractivity contribution is -0.118. The first-order chi connectivity index (χ1) is 10.2. The lowest BCUT2D eigenvalue weighted by Gasteiger charge is -2.21. The monoisotopic (exact) mass is 368 g/mol. The molecule has 1 aromatic rings. The van der Waals surface area contributed by atoms with Crippen LogP contribution in [-0.2, 0) is 20.6 Å². The van der Waals surface area contributed by atoms with Crippen molar-refractivity contribution in [3.8, 4) is 5.75 Å². The van der Waals surface area contributed by atoms with E-state index in [0.717, 1.165) is 4.31 Å². The first-order valence-corrected chi connectivity index (χ1v) is 8.98. The van der Waals surface area contributed by atoms with Crippen molar-refractivity contribution in [2.75, 3.05) is 19.7 Å². The molecule has 1 aromatic carbocycles. The maximum absolute atomic E-state index is 12.4. The summed E-state index contributed by atoms with van der Waals surface area (Å²) in [7, 11) is -3.79. The largest absolute Gasteiger partial charge is 0.494 e. The molecule has 6 nitrogen and oxygen atoms in total. The van der Waals surface area contributed by atoms with Crippen LogP contribution in [0.1, 0.15) is 12.5 Å². The van der Waals surface area contributed by atoms with Gasteiger partial charge in [0.05, 0.1) is 18.9 Å². The van der Waals surface area contributed by atoms with Gasteiger partial charge < -0.3 is 10.5 Å². The molecule has 0 heterocycles. The summed E-state index contributed by atoms with van der Waals surface area (Å²) < 4.78 is 31.0. The second-order valence-corrected chi connectivity index (χ2v) is 7.73. The summed E-state index contributed by atoms with van der Waals surface area (Å²) in [6.07, 6.45) is 0. The Kier molecular flexibility index (Phi) is 7.41. The molecule has 9 heteroatoms. The molecule has 0 saturated heterocycles. The van der Waals surface area contributed by atoms with Crippen molar-refractivity contribution < 1.29 is 17.9 Å². The number of nitrogens with zero attached hydrogens (tertiary/aromatic N) is 1. The molecule has 0 aliphatic heterocycles. The molecule has 124 valence electrons. The Morgan fingerprint density at radius 2 is 2.09 bits per heavy atom. The normalized spacial score (nSPS) is 11.9. The van der Waals surface area contributed by atoms with Gasteiger partial charge in [0, 0.05) is 6.54 Å². The molecular formula is C13H18Cl2N2O4S. The molecule has 1 rings (SSSR count). The highest BCUT2D eigenvalue weighted by Crippen LogP contribution is 2.18. The van der Waals surface area contributed by atoms with E-state index in [0.29, 0.717) is 17.9 Å². The number of hydrogen-bond acceptors (Lipinski definition) is 4. The van der Waals surface area contributed by atoms with Crippen molar-refractivity contribution >= 4 is 39.1 Å². The van der Waals surface area contributed by atoms with E-state index in [1.165, 1.54) is 0 Å². The predicted octanol–water partition coefficient (Wildman–Crippen LogP) is 1.51.